The predicted molar refractivity (Wildman–Crippen MR) is 76.1 cm³/mol. The number of aliphatic hydroxyl groups is 1. The third-order valence-corrected chi connectivity index (χ3v) is 4.20. The van der Waals surface area contributed by atoms with Gasteiger partial charge < -0.3 is 9.84 Å². The molecule has 0 spiro atoms. The zero-order valence-electron chi connectivity index (χ0n) is 11.2. The third kappa shape index (κ3) is 3.50. The summed E-state index contributed by atoms with van der Waals surface area (Å²) in [5, 5.41) is 8.99. The van der Waals surface area contributed by atoms with E-state index in [-0.39, 0.29) is 10.5 Å². The molecule has 112 valence electrons. The van der Waals surface area contributed by atoms with Crippen LogP contribution in [0.1, 0.15) is 5.56 Å². The van der Waals surface area contributed by atoms with E-state index in [0.717, 1.165) is 18.2 Å². The zero-order chi connectivity index (χ0) is 15.5. The number of anilines is 1. The number of methoxy groups -OCH3 is 1. The lowest BCUT2D eigenvalue weighted by molar-refractivity contribution is 0.275. The molecule has 2 rings (SSSR count). The fraction of sp³-hybridized carbons (Fsp3) is 0.143. The Hall–Kier alpha value is -2.12. The van der Waals surface area contributed by atoms with Crippen LogP contribution in [0.15, 0.2) is 47.4 Å². The Kier molecular flexibility index (Phi) is 4.44. The summed E-state index contributed by atoms with van der Waals surface area (Å²) in [6, 6.07) is 9.64. The second-order valence-electron chi connectivity index (χ2n) is 4.25. The molecule has 0 bridgehead atoms. The molecule has 0 atom stereocenters. The van der Waals surface area contributed by atoms with E-state index in [9.17, 15) is 12.8 Å². The van der Waals surface area contributed by atoms with E-state index >= 15 is 0 Å². The van der Waals surface area contributed by atoms with Gasteiger partial charge in [-0.3, -0.25) is 4.72 Å². The average molecular weight is 311 g/mol. The van der Waals surface area contributed by atoms with Crippen LogP contribution in [0, 0.1) is 5.82 Å². The van der Waals surface area contributed by atoms with E-state index in [2.05, 4.69) is 4.72 Å². The maximum atomic E-state index is 13.3. The fourth-order valence-corrected chi connectivity index (χ4v) is 2.84. The van der Waals surface area contributed by atoms with Crippen LogP contribution in [0.2, 0.25) is 0 Å². The lowest BCUT2D eigenvalue weighted by Gasteiger charge is -2.10. The zero-order valence-corrected chi connectivity index (χ0v) is 12.0. The SMILES string of the molecule is COc1cccc(NS(=O)(=O)c2ccc(F)c(CO)c2)c1. The molecule has 0 heterocycles. The van der Waals surface area contributed by atoms with Gasteiger partial charge in [0.25, 0.3) is 10.0 Å². The minimum absolute atomic E-state index is 0.0801. The molecule has 2 aromatic rings. The summed E-state index contributed by atoms with van der Waals surface area (Å²) >= 11 is 0. The summed E-state index contributed by atoms with van der Waals surface area (Å²) in [6.07, 6.45) is 0. The van der Waals surface area contributed by atoms with Gasteiger partial charge in [-0.25, -0.2) is 12.8 Å². The quantitative estimate of drug-likeness (QED) is 0.887. The highest BCUT2D eigenvalue weighted by Crippen LogP contribution is 2.22. The Morgan fingerprint density at radius 2 is 2.00 bits per heavy atom. The molecule has 5 nitrogen and oxygen atoms in total. The number of aliphatic hydroxyl groups excluding tert-OH is 1. The standard InChI is InChI=1S/C14H14FNO4S/c1-20-12-4-2-3-11(8-12)16-21(18,19)13-5-6-14(15)10(7-13)9-17/h2-8,16-17H,9H2,1H3. The minimum Gasteiger partial charge on any atom is -0.497 e. The topological polar surface area (TPSA) is 75.6 Å². The van der Waals surface area contributed by atoms with Crippen molar-refractivity contribution in [3.8, 4) is 5.75 Å². The van der Waals surface area contributed by atoms with E-state index in [1.165, 1.54) is 13.2 Å². The normalized spacial score (nSPS) is 11.2. The first-order valence-electron chi connectivity index (χ1n) is 6.02. The van der Waals surface area contributed by atoms with E-state index in [0.29, 0.717) is 11.4 Å². The first-order chi connectivity index (χ1) is 9.96. The highest BCUT2D eigenvalue weighted by Gasteiger charge is 2.16. The molecule has 0 aliphatic heterocycles. The maximum absolute atomic E-state index is 13.3. The molecule has 2 N–H and O–H groups in total. The lowest BCUT2D eigenvalue weighted by atomic mass is 10.2. The van der Waals surface area contributed by atoms with Crippen LogP contribution in [0.25, 0.3) is 0 Å². The summed E-state index contributed by atoms with van der Waals surface area (Å²) in [5.74, 6) is -0.150. The minimum atomic E-state index is -3.87. The molecule has 0 aliphatic rings. The van der Waals surface area contributed by atoms with Crippen LogP contribution in [0.3, 0.4) is 0 Å². The summed E-state index contributed by atoms with van der Waals surface area (Å²) in [7, 11) is -2.40. The number of ether oxygens (including phenoxy) is 1. The Bertz CT molecular complexity index is 746. The van der Waals surface area contributed by atoms with Crippen molar-refractivity contribution in [3.05, 3.63) is 53.8 Å². The second kappa shape index (κ2) is 6.11. The van der Waals surface area contributed by atoms with Crippen LogP contribution < -0.4 is 9.46 Å². The fourth-order valence-electron chi connectivity index (χ4n) is 1.74. The van der Waals surface area contributed by atoms with Crippen LogP contribution in [0.4, 0.5) is 10.1 Å². The first kappa shape index (κ1) is 15.3. The van der Waals surface area contributed by atoms with Gasteiger partial charge >= 0.3 is 0 Å². The van der Waals surface area contributed by atoms with Gasteiger partial charge in [-0.2, -0.15) is 0 Å². The number of nitrogens with one attached hydrogen (secondary N) is 1. The summed E-state index contributed by atoms with van der Waals surface area (Å²) < 4.78 is 45.1. The molecule has 2 aromatic carbocycles. The van der Waals surface area contributed by atoms with Crippen molar-refractivity contribution in [2.45, 2.75) is 11.5 Å². The predicted octanol–water partition coefficient (Wildman–Crippen LogP) is 2.13. The molecule has 21 heavy (non-hydrogen) atoms. The maximum Gasteiger partial charge on any atom is 0.261 e. The van der Waals surface area contributed by atoms with Crippen molar-refractivity contribution in [3.63, 3.8) is 0 Å². The molecule has 0 aromatic heterocycles. The van der Waals surface area contributed by atoms with Crippen LogP contribution in [0.5, 0.6) is 5.75 Å². The molecular formula is C14H14FNO4S. The molecule has 7 heteroatoms. The Morgan fingerprint density at radius 1 is 1.24 bits per heavy atom. The van der Waals surface area contributed by atoms with Crippen molar-refractivity contribution >= 4 is 15.7 Å². The number of benzene rings is 2. The Labute approximate surface area is 122 Å². The van der Waals surface area contributed by atoms with Crippen molar-refractivity contribution in [1.29, 1.82) is 0 Å². The number of halogens is 1. The van der Waals surface area contributed by atoms with Crippen LogP contribution in [-0.4, -0.2) is 20.6 Å². The van der Waals surface area contributed by atoms with E-state index < -0.39 is 22.4 Å². The molecule has 0 unspecified atom stereocenters. The van der Waals surface area contributed by atoms with E-state index in [1.807, 2.05) is 0 Å². The molecule has 0 amide bonds. The summed E-state index contributed by atoms with van der Waals surface area (Å²) in [4.78, 5) is -0.129. The van der Waals surface area contributed by atoms with E-state index in [1.54, 1.807) is 18.2 Å². The lowest BCUT2D eigenvalue weighted by Crippen LogP contribution is -2.13. The van der Waals surface area contributed by atoms with Gasteiger partial charge in [-0.05, 0) is 30.3 Å². The van der Waals surface area contributed by atoms with Crippen molar-refractivity contribution in [2.24, 2.45) is 0 Å². The Morgan fingerprint density at radius 3 is 2.67 bits per heavy atom. The highest BCUT2D eigenvalue weighted by atomic mass is 32.2. The largest absolute Gasteiger partial charge is 0.497 e. The number of hydrogen-bond donors (Lipinski definition) is 2. The van der Waals surface area contributed by atoms with Crippen molar-refractivity contribution in [1.82, 2.24) is 0 Å². The molecule has 0 fully saturated rings. The van der Waals surface area contributed by atoms with Gasteiger partial charge in [0.1, 0.15) is 11.6 Å². The molecule has 0 radical (unpaired) electrons. The number of hydrogen-bond acceptors (Lipinski definition) is 4. The van der Waals surface area contributed by atoms with Crippen molar-refractivity contribution in [2.75, 3.05) is 11.8 Å². The number of sulfonamides is 1. The van der Waals surface area contributed by atoms with Gasteiger partial charge in [0.05, 0.1) is 24.3 Å². The smallest absolute Gasteiger partial charge is 0.261 e. The molecule has 0 saturated heterocycles. The van der Waals surface area contributed by atoms with Gasteiger partial charge in [-0.15, -0.1) is 0 Å². The van der Waals surface area contributed by atoms with Gasteiger partial charge in [0.15, 0.2) is 0 Å². The van der Waals surface area contributed by atoms with E-state index in [4.69, 9.17) is 9.84 Å². The molecule has 0 saturated carbocycles. The number of rotatable bonds is 5. The summed E-state index contributed by atoms with van der Waals surface area (Å²) in [6.45, 7) is -0.575. The summed E-state index contributed by atoms with van der Waals surface area (Å²) in [5.41, 5.74) is 0.243. The first-order valence-corrected chi connectivity index (χ1v) is 7.51. The average Bonchev–Trinajstić information content (AvgIpc) is 2.47. The van der Waals surface area contributed by atoms with Gasteiger partial charge in [0.2, 0.25) is 0 Å². The van der Waals surface area contributed by atoms with Gasteiger partial charge in [-0.1, -0.05) is 6.07 Å². The van der Waals surface area contributed by atoms with Crippen LogP contribution >= 0.6 is 0 Å². The van der Waals surface area contributed by atoms with Crippen molar-refractivity contribution < 1.29 is 22.7 Å². The monoisotopic (exact) mass is 311 g/mol. The highest BCUT2D eigenvalue weighted by molar-refractivity contribution is 7.92. The van der Waals surface area contributed by atoms with Gasteiger partial charge in [0, 0.05) is 11.6 Å². The van der Waals surface area contributed by atoms with Crippen LogP contribution in [-0.2, 0) is 16.6 Å². The molecule has 0 aliphatic carbocycles. The Balaban J connectivity index is 2.33. The second-order valence-corrected chi connectivity index (χ2v) is 5.93. The third-order valence-electron chi connectivity index (χ3n) is 2.82. The molecular weight excluding hydrogens is 297 g/mol.